The Morgan fingerprint density at radius 1 is 0.694 bits per heavy atom. The maximum absolute atomic E-state index is 13.8. The van der Waals surface area contributed by atoms with Gasteiger partial charge in [0.05, 0.1) is 13.2 Å². The summed E-state index contributed by atoms with van der Waals surface area (Å²) in [5, 5.41) is 0. The summed E-state index contributed by atoms with van der Waals surface area (Å²) in [5.41, 5.74) is 3.38. The quantitative estimate of drug-likeness (QED) is 0.190. The van der Waals surface area contributed by atoms with Crippen LogP contribution in [0.2, 0.25) is 0 Å². The van der Waals surface area contributed by atoms with Gasteiger partial charge in [0.2, 0.25) is 5.91 Å². The molecule has 0 saturated heterocycles. The molecule has 3 rings (SSSR count). The zero-order chi connectivity index (χ0) is 25.4. The van der Waals surface area contributed by atoms with Crippen LogP contribution in [0.15, 0.2) is 84.9 Å². The summed E-state index contributed by atoms with van der Waals surface area (Å²) in [5.74, 6) is 1.04. The molecular formula is C33H43NO2. The minimum Gasteiger partial charge on any atom is -0.497 e. The van der Waals surface area contributed by atoms with Crippen LogP contribution in [0.5, 0.6) is 5.75 Å². The van der Waals surface area contributed by atoms with Crippen molar-refractivity contribution < 1.29 is 9.53 Å². The lowest BCUT2D eigenvalue weighted by molar-refractivity contribution is -0.133. The van der Waals surface area contributed by atoms with Crippen LogP contribution >= 0.6 is 0 Å². The molecule has 0 bridgehead atoms. The Bertz CT molecular complexity index is 946. The Labute approximate surface area is 218 Å². The highest BCUT2D eigenvalue weighted by molar-refractivity contribution is 5.77. The third-order valence-corrected chi connectivity index (χ3v) is 6.87. The van der Waals surface area contributed by atoms with Crippen molar-refractivity contribution in [3.05, 3.63) is 102 Å². The summed E-state index contributed by atoms with van der Waals surface area (Å²) in [6, 6.07) is 28.7. The number of carbonyl (C=O) groups is 1. The van der Waals surface area contributed by atoms with E-state index in [-0.39, 0.29) is 11.9 Å². The van der Waals surface area contributed by atoms with E-state index in [0.29, 0.717) is 13.0 Å². The first-order valence-electron chi connectivity index (χ1n) is 13.7. The van der Waals surface area contributed by atoms with E-state index in [4.69, 9.17) is 4.74 Å². The second-order valence-electron chi connectivity index (χ2n) is 9.67. The van der Waals surface area contributed by atoms with E-state index >= 15 is 0 Å². The van der Waals surface area contributed by atoms with Crippen LogP contribution in [0.4, 0.5) is 0 Å². The first-order valence-corrected chi connectivity index (χ1v) is 13.7. The topological polar surface area (TPSA) is 29.5 Å². The van der Waals surface area contributed by atoms with Crippen LogP contribution < -0.4 is 4.74 Å². The maximum atomic E-state index is 13.8. The number of nitrogens with zero attached hydrogens (tertiary/aromatic N) is 1. The molecule has 0 unspecified atom stereocenters. The van der Waals surface area contributed by atoms with Gasteiger partial charge in [-0.25, -0.2) is 0 Å². The van der Waals surface area contributed by atoms with Crippen molar-refractivity contribution in [1.82, 2.24) is 4.90 Å². The van der Waals surface area contributed by atoms with Gasteiger partial charge in [-0.05, 0) is 35.2 Å². The van der Waals surface area contributed by atoms with Crippen LogP contribution in [0.3, 0.4) is 0 Å². The zero-order valence-electron chi connectivity index (χ0n) is 22.2. The lowest BCUT2D eigenvalue weighted by Gasteiger charge is -2.33. The Hall–Kier alpha value is -3.07. The highest BCUT2D eigenvalue weighted by atomic mass is 16.5. The van der Waals surface area contributed by atoms with Gasteiger partial charge in [-0.1, -0.05) is 131 Å². The van der Waals surface area contributed by atoms with Crippen molar-refractivity contribution in [3.8, 4) is 5.75 Å². The van der Waals surface area contributed by atoms with Gasteiger partial charge in [0.15, 0.2) is 0 Å². The molecule has 0 N–H and O–H groups in total. The summed E-state index contributed by atoms with van der Waals surface area (Å²) in [6.45, 7) is 2.82. The van der Waals surface area contributed by atoms with Crippen LogP contribution in [-0.4, -0.2) is 17.9 Å². The summed E-state index contributed by atoms with van der Waals surface area (Å²) in [4.78, 5) is 15.8. The number of ether oxygens (including phenoxy) is 1. The monoisotopic (exact) mass is 485 g/mol. The molecule has 0 fully saturated rings. The molecule has 0 aliphatic carbocycles. The standard InChI is InChI=1S/C33H43NO2/c1-3-4-5-6-7-8-9-10-17-22-32(35)34(27-28-23-25-31(36-2)26-24-28)33(29-18-13-11-14-19-29)30-20-15-12-16-21-30/h11-16,18-21,23-26,33H,3-10,17,22,27H2,1-2H3. The molecule has 36 heavy (non-hydrogen) atoms. The third kappa shape index (κ3) is 8.86. The van der Waals surface area contributed by atoms with Crippen LogP contribution in [0.1, 0.15) is 93.9 Å². The lowest BCUT2D eigenvalue weighted by Crippen LogP contribution is -2.35. The molecule has 0 atom stereocenters. The van der Waals surface area contributed by atoms with E-state index in [9.17, 15) is 4.79 Å². The highest BCUT2D eigenvalue weighted by Gasteiger charge is 2.26. The van der Waals surface area contributed by atoms with E-state index in [1.54, 1.807) is 7.11 Å². The Morgan fingerprint density at radius 2 is 1.19 bits per heavy atom. The van der Waals surface area contributed by atoms with Gasteiger partial charge in [0.1, 0.15) is 5.75 Å². The Kier molecular flexibility index (Phi) is 12.1. The zero-order valence-corrected chi connectivity index (χ0v) is 22.2. The second-order valence-corrected chi connectivity index (χ2v) is 9.67. The largest absolute Gasteiger partial charge is 0.497 e. The number of carbonyl (C=O) groups excluding carboxylic acids is 1. The first kappa shape index (κ1) is 27.5. The van der Waals surface area contributed by atoms with E-state index < -0.39 is 0 Å². The molecule has 3 nitrogen and oxygen atoms in total. The summed E-state index contributed by atoms with van der Waals surface area (Å²) in [7, 11) is 1.68. The molecule has 3 aromatic rings. The van der Waals surface area contributed by atoms with Crippen molar-refractivity contribution in [1.29, 1.82) is 0 Å². The predicted molar refractivity (Wildman–Crippen MR) is 150 cm³/mol. The number of hydrogen-bond donors (Lipinski definition) is 0. The van der Waals surface area contributed by atoms with Crippen LogP contribution in [0, 0.1) is 0 Å². The summed E-state index contributed by atoms with van der Waals surface area (Å²) in [6.07, 6.45) is 11.8. The molecule has 0 aliphatic heterocycles. The van der Waals surface area contributed by atoms with E-state index in [2.05, 4.69) is 72.5 Å². The van der Waals surface area contributed by atoms with Gasteiger partial charge < -0.3 is 9.64 Å². The van der Waals surface area contributed by atoms with Crippen molar-refractivity contribution in [2.45, 2.75) is 83.7 Å². The highest BCUT2D eigenvalue weighted by Crippen LogP contribution is 2.31. The minimum absolute atomic E-state index is 0.124. The molecule has 0 spiro atoms. The summed E-state index contributed by atoms with van der Waals surface area (Å²) < 4.78 is 5.34. The Balaban J connectivity index is 1.72. The molecule has 0 radical (unpaired) electrons. The van der Waals surface area contributed by atoms with Gasteiger partial charge in [0, 0.05) is 13.0 Å². The molecular weight excluding hydrogens is 442 g/mol. The molecule has 0 heterocycles. The molecule has 0 aliphatic rings. The molecule has 1 amide bonds. The number of hydrogen-bond acceptors (Lipinski definition) is 2. The lowest BCUT2D eigenvalue weighted by atomic mass is 9.95. The van der Waals surface area contributed by atoms with Crippen molar-refractivity contribution in [2.75, 3.05) is 7.11 Å². The number of unbranched alkanes of at least 4 members (excludes halogenated alkanes) is 8. The average Bonchev–Trinajstić information content (AvgIpc) is 2.93. The van der Waals surface area contributed by atoms with Crippen LogP contribution in [-0.2, 0) is 11.3 Å². The number of methoxy groups -OCH3 is 1. The fourth-order valence-electron chi connectivity index (χ4n) is 4.80. The van der Waals surface area contributed by atoms with Crippen molar-refractivity contribution in [3.63, 3.8) is 0 Å². The number of rotatable bonds is 16. The maximum Gasteiger partial charge on any atom is 0.223 e. The minimum atomic E-state index is -0.124. The Morgan fingerprint density at radius 3 is 1.69 bits per heavy atom. The van der Waals surface area contributed by atoms with Crippen molar-refractivity contribution in [2.24, 2.45) is 0 Å². The van der Waals surface area contributed by atoms with E-state index in [0.717, 1.165) is 35.3 Å². The molecule has 3 aromatic carbocycles. The SMILES string of the molecule is CCCCCCCCCCCC(=O)N(Cc1ccc(OC)cc1)C(c1ccccc1)c1ccccc1. The first-order chi connectivity index (χ1) is 17.7. The fraction of sp³-hybridized carbons (Fsp3) is 0.424. The van der Waals surface area contributed by atoms with Crippen LogP contribution in [0.25, 0.3) is 0 Å². The third-order valence-electron chi connectivity index (χ3n) is 6.87. The van der Waals surface area contributed by atoms with Gasteiger partial charge in [-0.3, -0.25) is 4.79 Å². The summed E-state index contributed by atoms with van der Waals surface area (Å²) >= 11 is 0. The molecule has 0 saturated carbocycles. The van der Waals surface area contributed by atoms with Crippen molar-refractivity contribution >= 4 is 5.91 Å². The smallest absolute Gasteiger partial charge is 0.223 e. The van der Waals surface area contributed by atoms with Gasteiger partial charge in [-0.15, -0.1) is 0 Å². The average molecular weight is 486 g/mol. The molecule has 0 aromatic heterocycles. The molecule has 192 valence electrons. The fourth-order valence-corrected chi connectivity index (χ4v) is 4.80. The predicted octanol–water partition coefficient (Wildman–Crippen LogP) is 8.73. The number of amides is 1. The van der Waals surface area contributed by atoms with E-state index in [1.807, 2.05) is 24.3 Å². The van der Waals surface area contributed by atoms with Gasteiger partial charge in [0.25, 0.3) is 0 Å². The second kappa shape index (κ2) is 15.8. The molecule has 3 heteroatoms. The van der Waals surface area contributed by atoms with E-state index in [1.165, 1.54) is 44.9 Å². The van der Waals surface area contributed by atoms with Gasteiger partial charge >= 0.3 is 0 Å². The van der Waals surface area contributed by atoms with Gasteiger partial charge in [-0.2, -0.15) is 0 Å². The number of benzene rings is 3. The normalized spacial score (nSPS) is 11.0.